The van der Waals surface area contributed by atoms with Gasteiger partial charge in [0, 0.05) is 4.75 Å². The molecule has 2 aliphatic heterocycles. The fourth-order valence-electron chi connectivity index (χ4n) is 3.53. The number of benzene rings is 1. The van der Waals surface area contributed by atoms with Crippen LogP contribution in [0.4, 0.5) is 0 Å². The summed E-state index contributed by atoms with van der Waals surface area (Å²) in [7, 11) is 4.21. The van der Waals surface area contributed by atoms with E-state index in [9.17, 15) is 14.4 Å². The van der Waals surface area contributed by atoms with Crippen LogP contribution in [0.25, 0.3) is 0 Å². The Morgan fingerprint density at radius 1 is 1.15 bits per heavy atom. The highest BCUT2D eigenvalue weighted by Gasteiger charge is 2.64. The number of nitrogens with zero attached hydrogens (tertiary/aromatic N) is 1. The number of rotatable bonds is 5. The Kier molecular flexibility index (Phi) is 4.98. The quantitative estimate of drug-likeness (QED) is 0.589. The van der Waals surface area contributed by atoms with E-state index in [0.717, 1.165) is 0 Å². The molecule has 3 atom stereocenters. The highest BCUT2D eigenvalue weighted by Crippen LogP contribution is 2.51. The van der Waals surface area contributed by atoms with Crippen LogP contribution in [0.1, 0.15) is 24.2 Å². The lowest BCUT2D eigenvalue weighted by molar-refractivity contribution is -0.161. The number of hydrogen-bond acceptors (Lipinski definition) is 7. The van der Waals surface area contributed by atoms with E-state index < -0.39 is 28.7 Å². The number of thioether (sulfide) groups is 1. The summed E-state index contributed by atoms with van der Waals surface area (Å²) in [5, 5.41) is 2.42. The van der Waals surface area contributed by atoms with Gasteiger partial charge < -0.3 is 24.4 Å². The predicted molar refractivity (Wildman–Crippen MR) is 98.9 cm³/mol. The molecule has 0 aliphatic carbocycles. The van der Waals surface area contributed by atoms with Gasteiger partial charge in [0.05, 0.1) is 21.3 Å². The molecule has 9 heteroatoms. The molecule has 2 heterocycles. The van der Waals surface area contributed by atoms with Crippen molar-refractivity contribution in [2.75, 3.05) is 21.3 Å². The molecule has 27 heavy (non-hydrogen) atoms. The molecule has 1 aromatic rings. The number of carbonyl (C=O) groups is 3. The molecule has 2 amide bonds. The van der Waals surface area contributed by atoms with Crippen LogP contribution in [0, 0.1) is 0 Å². The second-order valence-electron chi connectivity index (χ2n) is 6.77. The van der Waals surface area contributed by atoms with Crippen LogP contribution in [-0.2, 0) is 14.3 Å². The van der Waals surface area contributed by atoms with Crippen molar-refractivity contribution in [2.24, 2.45) is 0 Å². The van der Waals surface area contributed by atoms with Gasteiger partial charge in [-0.1, -0.05) is 6.07 Å². The summed E-state index contributed by atoms with van der Waals surface area (Å²) in [6.07, 6.45) is 0. The van der Waals surface area contributed by atoms with Crippen molar-refractivity contribution in [2.45, 2.75) is 36.1 Å². The maximum Gasteiger partial charge on any atom is 0.330 e. The van der Waals surface area contributed by atoms with Crippen molar-refractivity contribution in [1.82, 2.24) is 10.2 Å². The van der Waals surface area contributed by atoms with Gasteiger partial charge in [-0.05, 0) is 26.0 Å². The third-order valence-corrected chi connectivity index (χ3v) is 6.38. The third kappa shape index (κ3) is 2.99. The number of ether oxygens (including phenoxy) is 3. The van der Waals surface area contributed by atoms with E-state index in [0.29, 0.717) is 11.5 Å². The van der Waals surface area contributed by atoms with Gasteiger partial charge >= 0.3 is 5.97 Å². The number of β-lactam (4-membered cyclic amide) rings is 1. The third-order valence-electron chi connectivity index (χ3n) is 4.81. The molecule has 8 nitrogen and oxygen atoms in total. The van der Waals surface area contributed by atoms with Gasteiger partial charge in [-0.3, -0.25) is 9.59 Å². The standard InChI is InChI=1S/C18H22N2O6S/c1-18(2)13(17(23)26-5)20-15(22)12(16(20)27-18)19-14(21)11-9(24-3)7-6-8-10(11)25-4/h6-8,12-13,16H,1-5H3,(H,19,21)/t12?,13?,16-/m0/s1. The topological polar surface area (TPSA) is 94.2 Å². The first-order valence-corrected chi connectivity index (χ1v) is 9.24. The Labute approximate surface area is 161 Å². The Hall–Kier alpha value is -2.42. The molecule has 3 rings (SSSR count). The van der Waals surface area contributed by atoms with E-state index in [1.165, 1.54) is 38.0 Å². The van der Waals surface area contributed by atoms with Gasteiger partial charge in [-0.15, -0.1) is 11.8 Å². The van der Waals surface area contributed by atoms with E-state index in [2.05, 4.69) is 5.32 Å². The molecule has 0 spiro atoms. The number of carbonyl (C=O) groups excluding carboxylic acids is 3. The fraction of sp³-hybridized carbons (Fsp3) is 0.500. The normalized spacial score (nSPS) is 25.3. The summed E-state index contributed by atoms with van der Waals surface area (Å²) < 4.78 is 14.8. The van der Waals surface area contributed by atoms with Crippen LogP contribution < -0.4 is 14.8 Å². The van der Waals surface area contributed by atoms with Crippen LogP contribution in [0.3, 0.4) is 0 Å². The summed E-state index contributed by atoms with van der Waals surface area (Å²) in [4.78, 5) is 39.1. The number of fused-ring (bicyclic) bond motifs is 1. The highest BCUT2D eigenvalue weighted by molar-refractivity contribution is 8.01. The van der Waals surface area contributed by atoms with E-state index in [1.807, 2.05) is 13.8 Å². The minimum atomic E-state index is -0.731. The summed E-state index contributed by atoms with van der Waals surface area (Å²) in [5.74, 6) is -0.540. The van der Waals surface area contributed by atoms with E-state index >= 15 is 0 Å². The predicted octanol–water partition coefficient (Wildman–Crippen LogP) is 1.04. The lowest BCUT2D eigenvalue weighted by Gasteiger charge is -2.43. The van der Waals surface area contributed by atoms with Crippen molar-refractivity contribution >= 4 is 29.5 Å². The SMILES string of the molecule is COC(=O)C1N2C(=O)C(NC(=O)c3c(OC)cccc3OC)[C@@H]2SC1(C)C. The van der Waals surface area contributed by atoms with Gasteiger partial charge in [0.2, 0.25) is 5.91 Å². The Balaban J connectivity index is 1.82. The Bertz CT molecular complexity index is 774. The highest BCUT2D eigenvalue weighted by atomic mass is 32.2. The summed E-state index contributed by atoms with van der Waals surface area (Å²) in [5.41, 5.74) is 0.223. The van der Waals surface area contributed by atoms with Gasteiger partial charge in [0.25, 0.3) is 5.91 Å². The van der Waals surface area contributed by atoms with Crippen LogP contribution in [0.5, 0.6) is 11.5 Å². The minimum Gasteiger partial charge on any atom is -0.496 e. The minimum absolute atomic E-state index is 0.223. The van der Waals surface area contributed by atoms with Gasteiger partial charge in [-0.25, -0.2) is 4.79 Å². The molecule has 0 aromatic heterocycles. The van der Waals surface area contributed by atoms with E-state index in [1.54, 1.807) is 18.2 Å². The number of amides is 2. The average molecular weight is 394 g/mol. The zero-order valence-corrected chi connectivity index (χ0v) is 16.6. The second kappa shape index (κ2) is 6.95. The lowest BCUT2D eigenvalue weighted by atomic mass is 9.95. The molecule has 1 aromatic carbocycles. The van der Waals surface area contributed by atoms with Crippen molar-refractivity contribution < 1.29 is 28.6 Å². The molecule has 1 N–H and O–H groups in total. The maximum atomic E-state index is 12.8. The monoisotopic (exact) mass is 394 g/mol. The maximum absolute atomic E-state index is 12.8. The van der Waals surface area contributed by atoms with Crippen LogP contribution in [0.15, 0.2) is 18.2 Å². The number of esters is 1. The molecule has 146 valence electrons. The first-order chi connectivity index (χ1) is 12.8. The van der Waals surface area contributed by atoms with Gasteiger partial charge in [-0.2, -0.15) is 0 Å². The largest absolute Gasteiger partial charge is 0.496 e. The Morgan fingerprint density at radius 3 is 2.26 bits per heavy atom. The molecule has 2 aliphatic rings. The lowest BCUT2D eigenvalue weighted by Crippen LogP contribution is -2.70. The first kappa shape index (κ1) is 19.3. The Morgan fingerprint density at radius 2 is 1.74 bits per heavy atom. The van der Waals surface area contributed by atoms with Gasteiger partial charge in [0.1, 0.15) is 34.5 Å². The number of hydrogen-bond donors (Lipinski definition) is 1. The average Bonchev–Trinajstić information content (AvgIpc) is 2.92. The zero-order valence-electron chi connectivity index (χ0n) is 15.8. The van der Waals surface area contributed by atoms with Crippen LogP contribution >= 0.6 is 11.8 Å². The molecule has 2 saturated heterocycles. The van der Waals surface area contributed by atoms with Crippen molar-refractivity contribution in [3.8, 4) is 11.5 Å². The summed E-state index contributed by atoms with van der Waals surface area (Å²) in [6, 6.07) is 3.59. The molecular weight excluding hydrogens is 372 g/mol. The number of nitrogens with one attached hydrogen (secondary N) is 1. The van der Waals surface area contributed by atoms with Crippen LogP contribution in [0.2, 0.25) is 0 Å². The van der Waals surface area contributed by atoms with Gasteiger partial charge in [0.15, 0.2) is 0 Å². The molecule has 0 saturated carbocycles. The second-order valence-corrected chi connectivity index (χ2v) is 8.54. The van der Waals surface area contributed by atoms with Crippen molar-refractivity contribution in [3.05, 3.63) is 23.8 Å². The molecule has 2 unspecified atom stereocenters. The number of methoxy groups -OCH3 is 3. The molecule has 0 bridgehead atoms. The smallest absolute Gasteiger partial charge is 0.330 e. The van der Waals surface area contributed by atoms with Crippen LogP contribution in [-0.4, -0.2) is 66.2 Å². The molecular formula is C18H22N2O6S. The van der Waals surface area contributed by atoms with Crippen molar-refractivity contribution in [1.29, 1.82) is 0 Å². The summed E-state index contributed by atoms with van der Waals surface area (Å²) in [6.45, 7) is 3.76. The van der Waals surface area contributed by atoms with E-state index in [4.69, 9.17) is 14.2 Å². The van der Waals surface area contributed by atoms with Crippen molar-refractivity contribution in [3.63, 3.8) is 0 Å². The first-order valence-electron chi connectivity index (χ1n) is 8.36. The fourth-order valence-corrected chi connectivity index (χ4v) is 5.15. The van der Waals surface area contributed by atoms with E-state index in [-0.39, 0.29) is 16.8 Å². The molecule has 2 fully saturated rings. The summed E-state index contributed by atoms with van der Waals surface area (Å²) >= 11 is 1.47. The molecule has 0 radical (unpaired) electrons. The zero-order chi connectivity index (χ0) is 19.9.